The number of ether oxygens (including phenoxy) is 2. The van der Waals surface area contributed by atoms with Gasteiger partial charge in [-0.2, -0.15) is 0 Å². The Bertz CT molecular complexity index is 1180. The molecular weight excluding hydrogens is 402 g/mol. The number of thiazole rings is 1. The molecule has 0 spiro atoms. The van der Waals surface area contributed by atoms with E-state index in [0.29, 0.717) is 4.96 Å². The average molecular weight is 417 g/mol. The fourth-order valence-electron chi connectivity index (χ4n) is 2.56. The van der Waals surface area contributed by atoms with Gasteiger partial charge in [0.1, 0.15) is 6.61 Å². The Hall–Kier alpha value is -3.60. The molecule has 2 aromatic heterocycles. The highest BCUT2D eigenvalue weighted by atomic mass is 32.1. The Morgan fingerprint density at radius 2 is 1.83 bits per heavy atom. The lowest BCUT2D eigenvalue weighted by molar-refractivity contribution is -0.384. The lowest BCUT2D eigenvalue weighted by Crippen LogP contribution is -2.16. The van der Waals surface area contributed by atoms with Crippen LogP contribution in [0.1, 0.15) is 39.0 Å². The van der Waals surface area contributed by atoms with Gasteiger partial charge in [-0.25, -0.2) is 14.6 Å². The Kier molecular flexibility index (Phi) is 5.69. The van der Waals surface area contributed by atoms with Crippen molar-refractivity contribution in [3.05, 3.63) is 72.6 Å². The zero-order valence-electron chi connectivity index (χ0n) is 15.4. The smallest absolute Gasteiger partial charge is 0.338 e. The first-order chi connectivity index (χ1) is 13.8. The molecule has 0 saturated heterocycles. The molecule has 0 fully saturated rings. The molecule has 0 unspecified atom stereocenters. The summed E-state index contributed by atoms with van der Waals surface area (Å²) < 4.78 is 11.4. The number of aryl methyl sites for hydroxylation is 1. The van der Waals surface area contributed by atoms with Crippen LogP contribution in [-0.2, 0) is 16.1 Å². The van der Waals surface area contributed by atoms with E-state index in [-0.39, 0.29) is 35.6 Å². The van der Waals surface area contributed by atoms with Crippen LogP contribution in [0, 0.1) is 17.0 Å². The van der Waals surface area contributed by atoms with Crippen LogP contribution in [0.25, 0.3) is 4.96 Å². The number of hydrogen-bond acceptors (Lipinski definition) is 9. The summed E-state index contributed by atoms with van der Waals surface area (Å²) in [6.07, 6.45) is 0. The zero-order chi connectivity index (χ0) is 21.1. The lowest BCUT2D eigenvalue weighted by atomic mass is 10.1. The summed E-state index contributed by atoms with van der Waals surface area (Å²) >= 11 is 1.27. The second-order valence-electron chi connectivity index (χ2n) is 5.90. The molecule has 3 rings (SSSR count). The van der Waals surface area contributed by atoms with Crippen molar-refractivity contribution >= 4 is 33.9 Å². The monoisotopic (exact) mass is 417 g/mol. The number of esters is 2. The molecule has 0 aliphatic rings. The van der Waals surface area contributed by atoms with E-state index in [9.17, 15) is 24.5 Å². The Morgan fingerprint density at radius 3 is 2.45 bits per heavy atom. The van der Waals surface area contributed by atoms with Gasteiger partial charge in [-0.05, 0) is 19.9 Å². The van der Waals surface area contributed by atoms with Crippen molar-refractivity contribution in [1.82, 2.24) is 9.38 Å². The molecule has 0 amide bonds. The average Bonchev–Trinajstić information content (AvgIpc) is 3.07. The highest BCUT2D eigenvalue weighted by Gasteiger charge is 2.20. The maximum atomic E-state index is 12.4. The maximum Gasteiger partial charge on any atom is 0.338 e. The van der Waals surface area contributed by atoms with Crippen molar-refractivity contribution in [2.45, 2.75) is 20.5 Å². The third-order valence-electron chi connectivity index (χ3n) is 3.86. The van der Waals surface area contributed by atoms with Gasteiger partial charge in [0.05, 0.1) is 28.4 Å². The van der Waals surface area contributed by atoms with Crippen LogP contribution in [0.4, 0.5) is 5.69 Å². The molecule has 2 heterocycles. The molecule has 0 saturated carbocycles. The van der Waals surface area contributed by atoms with Crippen LogP contribution in [0.5, 0.6) is 0 Å². The number of nitro groups is 1. The van der Waals surface area contributed by atoms with Crippen LogP contribution < -0.4 is 5.56 Å². The van der Waals surface area contributed by atoms with E-state index in [1.165, 1.54) is 21.8 Å². The quantitative estimate of drug-likeness (QED) is 0.340. The number of hydrogen-bond donors (Lipinski definition) is 0. The van der Waals surface area contributed by atoms with Gasteiger partial charge in [0.2, 0.25) is 0 Å². The van der Waals surface area contributed by atoms with Crippen molar-refractivity contribution < 1.29 is 24.0 Å². The summed E-state index contributed by atoms with van der Waals surface area (Å²) in [6, 6.07) is 4.42. The van der Waals surface area contributed by atoms with E-state index in [1.54, 1.807) is 19.2 Å². The minimum atomic E-state index is -0.899. The van der Waals surface area contributed by atoms with E-state index in [2.05, 4.69) is 4.98 Å². The highest BCUT2D eigenvalue weighted by molar-refractivity contribution is 7.15. The van der Waals surface area contributed by atoms with Gasteiger partial charge in [0, 0.05) is 29.3 Å². The van der Waals surface area contributed by atoms with Crippen molar-refractivity contribution in [2.75, 3.05) is 6.61 Å². The molecule has 150 valence electrons. The second kappa shape index (κ2) is 8.19. The predicted molar refractivity (Wildman–Crippen MR) is 102 cm³/mol. The molecule has 10 nitrogen and oxygen atoms in total. The SMILES string of the molecule is CCOC(=O)c1cc(C(=O)OCc2cc(=O)n3c(C)csc3n2)cc([N+](=O)[O-])c1. The molecule has 11 heteroatoms. The van der Waals surface area contributed by atoms with Crippen molar-refractivity contribution in [3.63, 3.8) is 0 Å². The Labute approximate surface area is 167 Å². The van der Waals surface area contributed by atoms with Gasteiger partial charge in [-0.15, -0.1) is 11.3 Å². The molecule has 29 heavy (non-hydrogen) atoms. The number of carbonyl (C=O) groups is 2. The maximum absolute atomic E-state index is 12.4. The Balaban J connectivity index is 1.84. The minimum absolute atomic E-state index is 0.0766. The van der Waals surface area contributed by atoms with Crippen LogP contribution in [-0.4, -0.2) is 32.9 Å². The fraction of sp³-hybridized carbons (Fsp3) is 0.222. The molecule has 0 bridgehead atoms. The first-order valence-corrected chi connectivity index (χ1v) is 9.28. The molecule has 0 radical (unpaired) electrons. The summed E-state index contributed by atoms with van der Waals surface area (Å²) in [5.74, 6) is -1.69. The molecule has 3 aromatic rings. The van der Waals surface area contributed by atoms with Crippen molar-refractivity contribution in [2.24, 2.45) is 0 Å². The van der Waals surface area contributed by atoms with Gasteiger partial charge < -0.3 is 9.47 Å². The summed E-state index contributed by atoms with van der Waals surface area (Å²) in [5.41, 5.74) is -0.101. The zero-order valence-corrected chi connectivity index (χ0v) is 16.2. The number of carbonyl (C=O) groups excluding carboxylic acids is 2. The summed E-state index contributed by atoms with van der Waals surface area (Å²) in [6.45, 7) is 3.13. The fourth-order valence-corrected chi connectivity index (χ4v) is 3.46. The molecule has 1 aromatic carbocycles. The molecule has 0 atom stereocenters. The number of aromatic nitrogens is 2. The largest absolute Gasteiger partial charge is 0.462 e. The number of nitrogens with zero attached hydrogens (tertiary/aromatic N) is 3. The van der Waals surface area contributed by atoms with E-state index in [1.807, 2.05) is 0 Å². The highest BCUT2D eigenvalue weighted by Crippen LogP contribution is 2.19. The van der Waals surface area contributed by atoms with E-state index < -0.39 is 22.5 Å². The van der Waals surface area contributed by atoms with Gasteiger partial charge >= 0.3 is 11.9 Å². The third-order valence-corrected chi connectivity index (χ3v) is 4.80. The van der Waals surface area contributed by atoms with Crippen molar-refractivity contribution in [1.29, 1.82) is 0 Å². The second-order valence-corrected chi connectivity index (χ2v) is 6.74. The first kappa shape index (κ1) is 20.1. The third kappa shape index (κ3) is 4.29. The number of fused-ring (bicyclic) bond motifs is 1. The number of non-ortho nitro benzene ring substituents is 1. The van der Waals surface area contributed by atoms with Gasteiger partial charge in [0.25, 0.3) is 11.2 Å². The van der Waals surface area contributed by atoms with E-state index in [0.717, 1.165) is 23.9 Å². The number of rotatable bonds is 6. The topological polar surface area (TPSA) is 130 Å². The molecular formula is C18H15N3O7S. The molecule has 0 aliphatic heterocycles. The normalized spacial score (nSPS) is 10.7. The van der Waals surface area contributed by atoms with Crippen LogP contribution in [0.15, 0.2) is 34.4 Å². The van der Waals surface area contributed by atoms with Gasteiger partial charge in [-0.3, -0.25) is 19.3 Å². The summed E-state index contributed by atoms with van der Waals surface area (Å²) in [7, 11) is 0. The van der Waals surface area contributed by atoms with E-state index >= 15 is 0 Å². The summed E-state index contributed by atoms with van der Waals surface area (Å²) in [5, 5.41) is 12.9. The molecule has 0 N–H and O–H groups in total. The van der Waals surface area contributed by atoms with Gasteiger partial charge in [0.15, 0.2) is 4.96 Å². The number of nitro benzene ring substituents is 1. The first-order valence-electron chi connectivity index (χ1n) is 8.40. The van der Waals surface area contributed by atoms with Gasteiger partial charge in [-0.1, -0.05) is 0 Å². The molecule has 0 aliphatic carbocycles. The van der Waals surface area contributed by atoms with Crippen molar-refractivity contribution in [3.8, 4) is 0 Å². The Morgan fingerprint density at radius 1 is 1.17 bits per heavy atom. The lowest BCUT2D eigenvalue weighted by Gasteiger charge is -2.07. The standard InChI is InChI=1S/C18H15N3O7S/c1-3-27-16(23)11-4-12(6-14(5-11)21(25)26)17(24)28-8-13-7-15(22)20-10(2)9-29-18(20)19-13/h4-7,9H,3,8H2,1-2H3. The van der Waals surface area contributed by atoms with Crippen LogP contribution in [0.3, 0.4) is 0 Å². The van der Waals surface area contributed by atoms with Crippen LogP contribution in [0.2, 0.25) is 0 Å². The number of benzene rings is 1. The van der Waals surface area contributed by atoms with Crippen LogP contribution >= 0.6 is 11.3 Å². The predicted octanol–water partition coefficient (Wildman–Crippen LogP) is 2.51. The van der Waals surface area contributed by atoms with E-state index in [4.69, 9.17) is 9.47 Å². The summed E-state index contributed by atoms with van der Waals surface area (Å²) in [4.78, 5) is 51.5. The minimum Gasteiger partial charge on any atom is -0.462 e.